The van der Waals surface area contributed by atoms with E-state index >= 15 is 0 Å². The summed E-state index contributed by atoms with van der Waals surface area (Å²) >= 11 is 1.47. The van der Waals surface area contributed by atoms with Crippen molar-refractivity contribution in [3.8, 4) is 0 Å². The molecule has 1 heterocycles. The molecule has 0 radical (unpaired) electrons. The van der Waals surface area contributed by atoms with Crippen molar-refractivity contribution in [3.63, 3.8) is 0 Å². The molecule has 0 aliphatic heterocycles. The molecule has 3 heteroatoms. The highest BCUT2D eigenvalue weighted by molar-refractivity contribution is 7.14. The molecule has 1 N–H and O–H groups in total. The predicted octanol–water partition coefficient (Wildman–Crippen LogP) is 2.63. The van der Waals surface area contributed by atoms with Gasteiger partial charge in [-0.25, -0.2) is 4.79 Å². The summed E-state index contributed by atoms with van der Waals surface area (Å²) in [6, 6.07) is 0. The number of aryl methyl sites for hydroxylation is 1. The van der Waals surface area contributed by atoms with Crippen LogP contribution in [0.4, 0.5) is 0 Å². The molecule has 0 amide bonds. The Labute approximate surface area is 81.2 Å². The Morgan fingerprint density at radius 2 is 2.08 bits per heavy atom. The van der Waals surface area contributed by atoms with Crippen LogP contribution in [0.2, 0.25) is 0 Å². The molecule has 1 aliphatic carbocycles. The Morgan fingerprint density at radius 3 is 2.69 bits per heavy atom. The first-order chi connectivity index (χ1) is 6.20. The van der Waals surface area contributed by atoms with E-state index in [1.54, 1.807) is 0 Å². The van der Waals surface area contributed by atoms with Crippen LogP contribution in [0, 0.1) is 6.92 Å². The minimum atomic E-state index is -0.767. The molecule has 0 unspecified atom stereocenters. The molecule has 13 heavy (non-hydrogen) atoms. The molecule has 0 fully saturated rings. The van der Waals surface area contributed by atoms with E-state index in [0.29, 0.717) is 4.88 Å². The van der Waals surface area contributed by atoms with E-state index in [2.05, 4.69) is 0 Å². The third-order valence-corrected chi connectivity index (χ3v) is 4.01. The largest absolute Gasteiger partial charge is 0.477 e. The molecule has 1 aromatic heterocycles. The topological polar surface area (TPSA) is 37.3 Å². The minimum absolute atomic E-state index is 0.548. The molecular formula is C10H12O2S. The van der Waals surface area contributed by atoms with Crippen molar-refractivity contribution < 1.29 is 9.90 Å². The Morgan fingerprint density at radius 1 is 1.38 bits per heavy atom. The standard InChI is InChI=1S/C10H12O2S/c1-6-7-4-2-3-5-8(7)13-9(6)10(11)12/h2-5H2,1H3,(H,11,12). The van der Waals surface area contributed by atoms with Gasteiger partial charge in [-0.1, -0.05) is 0 Å². The Hall–Kier alpha value is -0.830. The van der Waals surface area contributed by atoms with Crippen LogP contribution in [-0.2, 0) is 12.8 Å². The maximum atomic E-state index is 10.8. The second kappa shape index (κ2) is 3.14. The average molecular weight is 196 g/mol. The van der Waals surface area contributed by atoms with Crippen molar-refractivity contribution >= 4 is 17.3 Å². The van der Waals surface area contributed by atoms with Gasteiger partial charge in [-0.2, -0.15) is 0 Å². The number of rotatable bonds is 1. The number of carboxylic acid groups (broad SMARTS) is 1. The molecule has 0 aromatic carbocycles. The van der Waals surface area contributed by atoms with Gasteiger partial charge in [-0.3, -0.25) is 0 Å². The lowest BCUT2D eigenvalue weighted by Gasteiger charge is -2.10. The van der Waals surface area contributed by atoms with Gasteiger partial charge in [-0.15, -0.1) is 11.3 Å². The third-order valence-electron chi connectivity index (χ3n) is 2.63. The first-order valence-corrected chi connectivity index (χ1v) is 5.36. The van der Waals surface area contributed by atoms with Gasteiger partial charge in [0.25, 0.3) is 0 Å². The van der Waals surface area contributed by atoms with E-state index < -0.39 is 5.97 Å². The maximum absolute atomic E-state index is 10.8. The predicted molar refractivity (Wildman–Crippen MR) is 52.7 cm³/mol. The fraction of sp³-hybridized carbons (Fsp3) is 0.500. The molecule has 2 nitrogen and oxygen atoms in total. The summed E-state index contributed by atoms with van der Waals surface area (Å²) in [6.45, 7) is 1.93. The molecule has 70 valence electrons. The molecular weight excluding hydrogens is 184 g/mol. The monoisotopic (exact) mass is 196 g/mol. The average Bonchev–Trinajstić information content (AvgIpc) is 2.45. The van der Waals surface area contributed by atoms with Gasteiger partial charge < -0.3 is 5.11 Å². The molecule has 0 atom stereocenters. The smallest absolute Gasteiger partial charge is 0.346 e. The van der Waals surface area contributed by atoms with Crippen LogP contribution >= 0.6 is 11.3 Å². The molecule has 0 saturated carbocycles. The van der Waals surface area contributed by atoms with Crippen LogP contribution in [0.1, 0.15) is 38.5 Å². The van der Waals surface area contributed by atoms with Crippen molar-refractivity contribution in [3.05, 3.63) is 20.9 Å². The number of aromatic carboxylic acids is 1. The zero-order chi connectivity index (χ0) is 9.42. The van der Waals surface area contributed by atoms with Gasteiger partial charge in [0.2, 0.25) is 0 Å². The zero-order valence-corrected chi connectivity index (χ0v) is 8.41. The quantitative estimate of drug-likeness (QED) is 0.749. The maximum Gasteiger partial charge on any atom is 0.346 e. The lowest BCUT2D eigenvalue weighted by Crippen LogP contribution is -2.00. The first kappa shape index (κ1) is 8.75. The second-order valence-corrected chi connectivity index (χ2v) is 4.58. The van der Waals surface area contributed by atoms with Crippen molar-refractivity contribution in [2.75, 3.05) is 0 Å². The van der Waals surface area contributed by atoms with Crippen LogP contribution in [-0.4, -0.2) is 11.1 Å². The minimum Gasteiger partial charge on any atom is -0.477 e. The van der Waals surface area contributed by atoms with Gasteiger partial charge >= 0.3 is 5.97 Å². The lowest BCUT2D eigenvalue weighted by atomic mass is 9.95. The van der Waals surface area contributed by atoms with Crippen molar-refractivity contribution in [2.24, 2.45) is 0 Å². The molecule has 1 aliphatic rings. The highest BCUT2D eigenvalue weighted by Crippen LogP contribution is 2.33. The molecule has 1 aromatic rings. The van der Waals surface area contributed by atoms with Gasteiger partial charge in [0.15, 0.2) is 0 Å². The van der Waals surface area contributed by atoms with E-state index in [-0.39, 0.29) is 0 Å². The van der Waals surface area contributed by atoms with Crippen molar-refractivity contribution in [1.82, 2.24) is 0 Å². The Balaban J connectivity index is 2.50. The fourth-order valence-electron chi connectivity index (χ4n) is 1.93. The van der Waals surface area contributed by atoms with Crippen LogP contribution in [0.5, 0.6) is 0 Å². The number of carboxylic acids is 1. The molecule has 0 saturated heterocycles. The molecule has 0 bridgehead atoms. The SMILES string of the molecule is Cc1c(C(=O)O)sc2c1CCCC2. The van der Waals surface area contributed by atoms with Gasteiger partial charge in [-0.05, 0) is 43.7 Å². The van der Waals surface area contributed by atoms with Crippen molar-refractivity contribution in [1.29, 1.82) is 0 Å². The number of carbonyl (C=O) groups is 1. The van der Waals surface area contributed by atoms with Gasteiger partial charge in [0.1, 0.15) is 4.88 Å². The molecule has 2 rings (SSSR count). The van der Waals surface area contributed by atoms with Crippen LogP contribution < -0.4 is 0 Å². The normalized spacial score (nSPS) is 15.5. The van der Waals surface area contributed by atoms with E-state index in [0.717, 1.165) is 18.4 Å². The summed E-state index contributed by atoms with van der Waals surface area (Å²) < 4.78 is 0. The number of fused-ring (bicyclic) bond motifs is 1. The first-order valence-electron chi connectivity index (χ1n) is 4.54. The highest BCUT2D eigenvalue weighted by atomic mass is 32.1. The van der Waals surface area contributed by atoms with Crippen LogP contribution in [0.3, 0.4) is 0 Å². The van der Waals surface area contributed by atoms with E-state index in [1.807, 2.05) is 6.92 Å². The lowest BCUT2D eigenvalue weighted by molar-refractivity contribution is 0.0701. The van der Waals surface area contributed by atoms with Gasteiger partial charge in [0, 0.05) is 4.88 Å². The van der Waals surface area contributed by atoms with Crippen LogP contribution in [0.15, 0.2) is 0 Å². The van der Waals surface area contributed by atoms with E-state index in [1.165, 1.54) is 34.6 Å². The Bertz CT molecular complexity index is 352. The Kier molecular flexibility index (Phi) is 2.12. The highest BCUT2D eigenvalue weighted by Gasteiger charge is 2.20. The summed E-state index contributed by atoms with van der Waals surface area (Å²) in [4.78, 5) is 12.7. The summed E-state index contributed by atoms with van der Waals surface area (Å²) in [7, 11) is 0. The summed E-state index contributed by atoms with van der Waals surface area (Å²) in [6.07, 6.45) is 4.58. The van der Waals surface area contributed by atoms with Crippen LogP contribution in [0.25, 0.3) is 0 Å². The zero-order valence-electron chi connectivity index (χ0n) is 7.59. The van der Waals surface area contributed by atoms with E-state index in [9.17, 15) is 4.79 Å². The summed E-state index contributed by atoms with van der Waals surface area (Å²) in [5.41, 5.74) is 2.32. The van der Waals surface area contributed by atoms with E-state index in [4.69, 9.17) is 5.11 Å². The number of hydrogen-bond acceptors (Lipinski definition) is 2. The number of thiophene rings is 1. The summed E-state index contributed by atoms with van der Waals surface area (Å²) in [5.74, 6) is -0.767. The van der Waals surface area contributed by atoms with Gasteiger partial charge in [0.05, 0.1) is 0 Å². The second-order valence-electron chi connectivity index (χ2n) is 3.47. The fourth-order valence-corrected chi connectivity index (χ4v) is 3.16. The van der Waals surface area contributed by atoms with Crippen molar-refractivity contribution in [2.45, 2.75) is 32.6 Å². The summed E-state index contributed by atoms with van der Waals surface area (Å²) in [5, 5.41) is 8.93. The molecule has 0 spiro atoms. The number of hydrogen-bond donors (Lipinski definition) is 1. The third kappa shape index (κ3) is 1.37.